The Morgan fingerprint density at radius 2 is 1.86 bits per heavy atom. The van der Waals surface area contributed by atoms with Crippen molar-refractivity contribution >= 4 is 41.7 Å². The van der Waals surface area contributed by atoms with Gasteiger partial charge in [0.05, 0.1) is 6.54 Å². The van der Waals surface area contributed by atoms with Crippen molar-refractivity contribution in [3.05, 3.63) is 0 Å². The molecule has 2 N–H and O–H groups in total. The van der Waals surface area contributed by atoms with Gasteiger partial charge in [0.25, 0.3) is 0 Å². The molecule has 0 unspecified atom stereocenters. The van der Waals surface area contributed by atoms with E-state index in [0.29, 0.717) is 0 Å². The topological polar surface area (TPSA) is 39.7 Å². The second kappa shape index (κ2) is 11.8. The quantitative estimate of drug-likeness (QED) is 0.372. The van der Waals surface area contributed by atoms with E-state index in [1.807, 2.05) is 11.8 Å². The predicted molar refractivity (Wildman–Crippen MR) is 107 cm³/mol. The Morgan fingerprint density at radius 3 is 2.43 bits per heavy atom. The van der Waals surface area contributed by atoms with E-state index >= 15 is 0 Å². The normalized spacial score (nSPS) is 17.2. The third kappa shape index (κ3) is 9.84. The first-order valence-corrected chi connectivity index (χ1v) is 9.09. The number of aliphatic imine (C=N–C) groups is 1. The molecule has 126 valence electrons. The number of nitrogens with zero attached hydrogens (tertiary/aromatic N) is 2. The molecule has 1 heterocycles. The van der Waals surface area contributed by atoms with Crippen molar-refractivity contribution in [2.45, 2.75) is 44.8 Å². The second-order valence-corrected chi connectivity index (χ2v) is 7.50. The Balaban J connectivity index is 0.00000400. The highest BCUT2D eigenvalue weighted by Gasteiger charge is 2.15. The van der Waals surface area contributed by atoms with Crippen LogP contribution >= 0.6 is 35.7 Å². The summed E-state index contributed by atoms with van der Waals surface area (Å²) in [5.74, 6) is 0.951. The zero-order chi connectivity index (χ0) is 14.8. The van der Waals surface area contributed by atoms with Crippen LogP contribution in [-0.4, -0.2) is 61.1 Å². The fourth-order valence-corrected chi connectivity index (χ4v) is 2.38. The lowest BCUT2D eigenvalue weighted by Gasteiger charge is -2.26. The Hall–Kier alpha value is 0.310. The average Bonchev–Trinajstić information content (AvgIpc) is 2.46. The summed E-state index contributed by atoms with van der Waals surface area (Å²) in [4.78, 5) is 7.24. The molecule has 4 nitrogen and oxygen atoms in total. The van der Waals surface area contributed by atoms with Gasteiger partial charge >= 0.3 is 0 Å². The minimum Gasteiger partial charge on any atom is -0.357 e. The Bertz CT molecular complexity index is 291. The SMILES string of the molecule is CCNC(=NCC(C)(C)SC)NCCN1CCCCC1.I. The summed E-state index contributed by atoms with van der Waals surface area (Å²) >= 11 is 1.86. The van der Waals surface area contributed by atoms with Gasteiger partial charge in [0, 0.05) is 24.4 Å². The molecule has 0 atom stereocenters. The monoisotopic (exact) mass is 428 g/mol. The lowest BCUT2D eigenvalue weighted by atomic mass is 10.1. The van der Waals surface area contributed by atoms with Crippen LogP contribution < -0.4 is 10.6 Å². The van der Waals surface area contributed by atoms with Crippen LogP contribution in [0.15, 0.2) is 4.99 Å². The van der Waals surface area contributed by atoms with Crippen molar-refractivity contribution in [2.75, 3.05) is 45.5 Å². The maximum atomic E-state index is 4.69. The van der Waals surface area contributed by atoms with Gasteiger partial charge in [0.15, 0.2) is 5.96 Å². The summed E-state index contributed by atoms with van der Waals surface area (Å²) in [7, 11) is 0. The van der Waals surface area contributed by atoms with E-state index in [9.17, 15) is 0 Å². The molecule has 0 amide bonds. The van der Waals surface area contributed by atoms with Crippen LogP contribution in [0.4, 0.5) is 0 Å². The molecule has 0 aromatic heterocycles. The largest absolute Gasteiger partial charge is 0.357 e. The van der Waals surface area contributed by atoms with E-state index in [1.54, 1.807) is 0 Å². The van der Waals surface area contributed by atoms with Gasteiger partial charge in [-0.2, -0.15) is 11.8 Å². The van der Waals surface area contributed by atoms with Crippen molar-refractivity contribution in [1.29, 1.82) is 0 Å². The average molecular weight is 428 g/mol. The molecule has 1 rings (SSSR count). The predicted octanol–water partition coefficient (Wildman–Crippen LogP) is 2.79. The van der Waals surface area contributed by atoms with E-state index in [-0.39, 0.29) is 28.7 Å². The third-order valence-corrected chi connectivity index (χ3v) is 4.92. The van der Waals surface area contributed by atoms with Crippen LogP contribution in [0.1, 0.15) is 40.0 Å². The van der Waals surface area contributed by atoms with E-state index in [4.69, 9.17) is 4.99 Å². The maximum absolute atomic E-state index is 4.69. The van der Waals surface area contributed by atoms with Crippen molar-refractivity contribution in [2.24, 2.45) is 4.99 Å². The fourth-order valence-electron chi connectivity index (χ4n) is 2.19. The van der Waals surface area contributed by atoms with Crippen molar-refractivity contribution < 1.29 is 0 Å². The smallest absolute Gasteiger partial charge is 0.191 e. The second-order valence-electron chi connectivity index (χ2n) is 5.99. The van der Waals surface area contributed by atoms with Gasteiger partial charge in [0.2, 0.25) is 0 Å². The molecule has 6 heteroatoms. The van der Waals surface area contributed by atoms with Gasteiger partial charge < -0.3 is 15.5 Å². The van der Waals surface area contributed by atoms with Crippen LogP contribution in [0, 0.1) is 0 Å². The minimum absolute atomic E-state index is 0. The van der Waals surface area contributed by atoms with E-state index in [1.165, 1.54) is 32.4 Å². The summed E-state index contributed by atoms with van der Waals surface area (Å²) in [6, 6.07) is 0. The molecule has 1 aliphatic heterocycles. The van der Waals surface area contributed by atoms with Crippen LogP contribution in [0.5, 0.6) is 0 Å². The van der Waals surface area contributed by atoms with Gasteiger partial charge in [-0.15, -0.1) is 24.0 Å². The van der Waals surface area contributed by atoms with Gasteiger partial charge in [-0.3, -0.25) is 4.99 Å². The lowest BCUT2D eigenvalue weighted by Crippen LogP contribution is -2.43. The van der Waals surface area contributed by atoms with E-state index in [0.717, 1.165) is 32.1 Å². The zero-order valence-corrected chi connectivity index (χ0v) is 17.2. The number of guanidine groups is 1. The number of halogens is 1. The highest BCUT2D eigenvalue weighted by molar-refractivity contribution is 14.0. The van der Waals surface area contributed by atoms with Gasteiger partial charge in [-0.1, -0.05) is 6.42 Å². The summed E-state index contributed by atoms with van der Waals surface area (Å²) in [5, 5.41) is 6.78. The number of nitrogens with one attached hydrogen (secondary N) is 2. The van der Waals surface area contributed by atoms with Crippen molar-refractivity contribution in [3.63, 3.8) is 0 Å². The Morgan fingerprint density at radius 1 is 1.19 bits per heavy atom. The zero-order valence-electron chi connectivity index (χ0n) is 14.1. The first kappa shape index (κ1) is 21.3. The molecule has 0 aliphatic carbocycles. The summed E-state index contributed by atoms with van der Waals surface area (Å²) in [6.07, 6.45) is 6.26. The van der Waals surface area contributed by atoms with Gasteiger partial charge in [-0.25, -0.2) is 0 Å². The number of hydrogen-bond acceptors (Lipinski definition) is 3. The van der Waals surface area contributed by atoms with Crippen LogP contribution in [-0.2, 0) is 0 Å². The van der Waals surface area contributed by atoms with Crippen LogP contribution in [0.3, 0.4) is 0 Å². The molecular weight excluding hydrogens is 395 g/mol. The number of piperidine rings is 1. The summed E-state index contributed by atoms with van der Waals surface area (Å²) in [6.45, 7) is 13.0. The summed E-state index contributed by atoms with van der Waals surface area (Å²) in [5.41, 5.74) is 0. The molecule has 0 spiro atoms. The van der Waals surface area contributed by atoms with Crippen molar-refractivity contribution in [1.82, 2.24) is 15.5 Å². The first-order valence-electron chi connectivity index (χ1n) is 7.87. The molecule has 1 saturated heterocycles. The molecule has 0 bridgehead atoms. The first-order chi connectivity index (χ1) is 9.57. The van der Waals surface area contributed by atoms with Crippen LogP contribution in [0.25, 0.3) is 0 Å². The van der Waals surface area contributed by atoms with Crippen molar-refractivity contribution in [3.8, 4) is 0 Å². The molecule has 21 heavy (non-hydrogen) atoms. The van der Waals surface area contributed by atoms with Gasteiger partial charge in [0.1, 0.15) is 0 Å². The highest BCUT2D eigenvalue weighted by atomic mass is 127. The lowest BCUT2D eigenvalue weighted by molar-refractivity contribution is 0.232. The highest BCUT2D eigenvalue weighted by Crippen LogP contribution is 2.20. The summed E-state index contributed by atoms with van der Waals surface area (Å²) < 4.78 is 0.204. The van der Waals surface area contributed by atoms with E-state index in [2.05, 4.69) is 42.6 Å². The van der Waals surface area contributed by atoms with Crippen LogP contribution in [0.2, 0.25) is 0 Å². The van der Waals surface area contributed by atoms with E-state index < -0.39 is 0 Å². The molecule has 0 saturated carbocycles. The number of rotatable bonds is 7. The number of thioether (sulfide) groups is 1. The fraction of sp³-hybridized carbons (Fsp3) is 0.933. The molecule has 0 aromatic carbocycles. The molecular formula is C15H33IN4S. The molecule has 0 radical (unpaired) electrons. The third-order valence-electron chi connectivity index (χ3n) is 3.68. The maximum Gasteiger partial charge on any atom is 0.191 e. The molecule has 0 aromatic rings. The van der Waals surface area contributed by atoms with Gasteiger partial charge in [-0.05, 0) is 53.0 Å². The number of likely N-dealkylation sites (tertiary alicyclic amines) is 1. The standard InChI is InChI=1S/C15H32N4S.HI/c1-5-16-14(18-13-15(2,3)20-4)17-9-12-19-10-7-6-8-11-19;/h5-13H2,1-4H3,(H2,16,17,18);1H. The Labute approximate surface area is 152 Å². The Kier molecular flexibility index (Phi) is 12.0. The molecule has 1 fully saturated rings. The minimum atomic E-state index is 0. The molecule has 1 aliphatic rings. The number of hydrogen-bond donors (Lipinski definition) is 2.